The summed E-state index contributed by atoms with van der Waals surface area (Å²) in [4.78, 5) is 28.0. The fraction of sp³-hybridized carbons (Fsp3) is 0.647. The Morgan fingerprint density at radius 1 is 1.27 bits per heavy atom. The molecule has 0 saturated carbocycles. The average Bonchev–Trinajstić information content (AvgIpc) is 2.77. The minimum Gasteiger partial charge on any atom is -0.481 e. The average molecular weight is 321 g/mol. The third-order valence-corrected chi connectivity index (χ3v) is 6.19. The van der Waals surface area contributed by atoms with Crippen LogP contribution in [0, 0.1) is 11.8 Å². The summed E-state index contributed by atoms with van der Waals surface area (Å²) in [5.74, 6) is -0.937. The van der Waals surface area contributed by atoms with Crippen LogP contribution in [0.5, 0.6) is 0 Å². The standard InChI is InChI=1S/C17H23NO3S/c1-11-10-18(8-7-13(11)17(20)21)16(19)15-9-12-5-3-2-4-6-14(12)22-15/h9,11,13H,2-8,10H2,1H3,(H,20,21). The van der Waals surface area contributed by atoms with Crippen molar-refractivity contribution in [2.45, 2.75) is 45.4 Å². The highest BCUT2D eigenvalue weighted by Crippen LogP contribution is 2.31. The second-order valence-corrected chi connectivity index (χ2v) is 7.72. The third kappa shape index (κ3) is 3.05. The van der Waals surface area contributed by atoms with Gasteiger partial charge < -0.3 is 10.0 Å². The summed E-state index contributed by atoms with van der Waals surface area (Å²) >= 11 is 1.65. The van der Waals surface area contributed by atoms with E-state index in [1.54, 1.807) is 11.3 Å². The molecule has 22 heavy (non-hydrogen) atoms. The number of amides is 1. The minimum atomic E-state index is -0.734. The molecule has 1 aliphatic heterocycles. The Balaban J connectivity index is 1.71. The fourth-order valence-corrected chi connectivity index (χ4v) is 4.85. The Labute approximate surface area is 135 Å². The molecule has 0 spiro atoms. The van der Waals surface area contributed by atoms with E-state index in [1.165, 1.54) is 29.7 Å². The first-order chi connectivity index (χ1) is 10.6. The zero-order chi connectivity index (χ0) is 15.7. The van der Waals surface area contributed by atoms with Crippen molar-refractivity contribution in [1.29, 1.82) is 0 Å². The van der Waals surface area contributed by atoms with E-state index in [0.29, 0.717) is 19.5 Å². The van der Waals surface area contributed by atoms with Gasteiger partial charge in [0.2, 0.25) is 0 Å². The Morgan fingerprint density at radius 2 is 2.05 bits per heavy atom. The Kier molecular flexibility index (Phi) is 4.52. The molecule has 1 fully saturated rings. The van der Waals surface area contributed by atoms with Crippen molar-refractivity contribution in [3.63, 3.8) is 0 Å². The molecule has 0 radical (unpaired) electrons. The highest BCUT2D eigenvalue weighted by Gasteiger charge is 2.33. The molecule has 1 aliphatic carbocycles. The molecule has 4 nitrogen and oxygen atoms in total. The molecule has 1 aromatic heterocycles. The summed E-state index contributed by atoms with van der Waals surface area (Å²) in [6.07, 6.45) is 6.49. The highest BCUT2D eigenvalue weighted by atomic mass is 32.1. The Hall–Kier alpha value is -1.36. The Bertz CT molecular complexity index is 557. The number of carboxylic acids is 1. The van der Waals surface area contributed by atoms with E-state index in [9.17, 15) is 14.7 Å². The van der Waals surface area contributed by atoms with E-state index in [-0.39, 0.29) is 17.7 Å². The zero-order valence-corrected chi connectivity index (χ0v) is 13.8. The van der Waals surface area contributed by atoms with Gasteiger partial charge in [0.15, 0.2) is 0 Å². The summed E-state index contributed by atoms with van der Waals surface area (Å²) in [7, 11) is 0. The van der Waals surface area contributed by atoms with E-state index >= 15 is 0 Å². The smallest absolute Gasteiger partial charge is 0.306 e. The Morgan fingerprint density at radius 3 is 2.77 bits per heavy atom. The number of hydrogen-bond acceptors (Lipinski definition) is 3. The number of carboxylic acid groups (broad SMARTS) is 1. The van der Waals surface area contributed by atoms with Gasteiger partial charge in [0.1, 0.15) is 0 Å². The van der Waals surface area contributed by atoms with E-state index < -0.39 is 5.97 Å². The second-order valence-electron chi connectivity index (χ2n) is 6.58. The lowest BCUT2D eigenvalue weighted by Gasteiger charge is -2.34. The zero-order valence-electron chi connectivity index (χ0n) is 13.0. The predicted octanol–water partition coefficient (Wildman–Crippen LogP) is 3.20. The maximum Gasteiger partial charge on any atom is 0.306 e. The summed E-state index contributed by atoms with van der Waals surface area (Å²) < 4.78 is 0. The van der Waals surface area contributed by atoms with Crippen molar-refractivity contribution >= 4 is 23.2 Å². The number of nitrogens with zero attached hydrogens (tertiary/aromatic N) is 1. The molecule has 1 saturated heterocycles. The van der Waals surface area contributed by atoms with Crippen LogP contribution in [0.4, 0.5) is 0 Å². The molecule has 1 N–H and O–H groups in total. The van der Waals surface area contributed by atoms with Crippen molar-refractivity contribution in [1.82, 2.24) is 4.90 Å². The number of rotatable bonds is 2. The highest BCUT2D eigenvalue weighted by molar-refractivity contribution is 7.14. The van der Waals surface area contributed by atoms with Gasteiger partial charge in [-0.15, -0.1) is 11.3 Å². The van der Waals surface area contributed by atoms with Crippen molar-refractivity contribution in [3.05, 3.63) is 21.4 Å². The summed E-state index contributed by atoms with van der Waals surface area (Å²) in [6.45, 7) is 3.04. The van der Waals surface area contributed by atoms with Gasteiger partial charge in [-0.25, -0.2) is 0 Å². The first-order valence-corrected chi connectivity index (χ1v) is 9.01. The lowest BCUT2D eigenvalue weighted by Crippen LogP contribution is -2.44. The molecule has 2 heterocycles. The maximum atomic E-state index is 12.7. The van der Waals surface area contributed by atoms with Gasteiger partial charge in [0, 0.05) is 18.0 Å². The van der Waals surface area contributed by atoms with E-state index in [0.717, 1.165) is 17.7 Å². The molecule has 2 unspecified atom stereocenters. The third-order valence-electron chi connectivity index (χ3n) is 4.97. The fourth-order valence-electron chi connectivity index (χ4n) is 3.63. The van der Waals surface area contributed by atoms with Crippen LogP contribution >= 0.6 is 11.3 Å². The van der Waals surface area contributed by atoms with Gasteiger partial charge in [-0.2, -0.15) is 0 Å². The molecule has 2 aliphatic rings. The number of aliphatic carboxylic acids is 1. The van der Waals surface area contributed by atoms with Gasteiger partial charge in [-0.3, -0.25) is 9.59 Å². The van der Waals surface area contributed by atoms with E-state index in [1.807, 2.05) is 11.8 Å². The molecule has 120 valence electrons. The summed E-state index contributed by atoms with van der Waals surface area (Å²) in [6, 6.07) is 2.08. The first kappa shape index (κ1) is 15.5. The lowest BCUT2D eigenvalue weighted by molar-refractivity contribution is -0.145. The van der Waals surface area contributed by atoms with Crippen LogP contribution in [0.15, 0.2) is 6.07 Å². The largest absolute Gasteiger partial charge is 0.481 e. The van der Waals surface area contributed by atoms with Crippen LogP contribution < -0.4 is 0 Å². The monoisotopic (exact) mass is 321 g/mol. The number of carbonyl (C=O) groups is 2. The molecule has 0 bridgehead atoms. The normalized spacial score (nSPS) is 25.4. The number of fused-ring (bicyclic) bond motifs is 1. The molecule has 2 atom stereocenters. The molecule has 1 aromatic rings. The number of hydrogen-bond donors (Lipinski definition) is 1. The molecular formula is C17H23NO3S. The van der Waals surface area contributed by atoms with Gasteiger partial charge in [0.25, 0.3) is 5.91 Å². The van der Waals surface area contributed by atoms with Gasteiger partial charge in [0.05, 0.1) is 10.8 Å². The molecular weight excluding hydrogens is 298 g/mol. The molecule has 1 amide bonds. The quantitative estimate of drug-likeness (QED) is 0.851. The maximum absolute atomic E-state index is 12.7. The van der Waals surface area contributed by atoms with E-state index in [4.69, 9.17) is 0 Å². The first-order valence-electron chi connectivity index (χ1n) is 8.20. The van der Waals surface area contributed by atoms with Gasteiger partial charge in [-0.1, -0.05) is 13.3 Å². The van der Waals surface area contributed by atoms with Crippen LogP contribution in [-0.4, -0.2) is 35.0 Å². The van der Waals surface area contributed by atoms with Gasteiger partial charge in [-0.05, 0) is 49.7 Å². The second kappa shape index (κ2) is 6.41. The number of carbonyl (C=O) groups excluding carboxylic acids is 1. The number of thiophene rings is 1. The van der Waals surface area contributed by atoms with Crippen molar-refractivity contribution in [3.8, 4) is 0 Å². The SMILES string of the molecule is CC1CN(C(=O)c2cc3c(s2)CCCCC3)CCC1C(=O)O. The number of likely N-dealkylation sites (tertiary alicyclic amines) is 1. The van der Waals surface area contributed by atoms with Crippen LogP contribution in [0.3, 0.4) is 0 Å². The topological polar surface area (TPSA) is 57.6 Å². The summed E-state index contributed by atoms with van der Waals surface area (Å²) in [5, 5.41) is 9.19. The lowest BCUT2D eigenvalue weighted by atomic mass is 9.87. The minimum absolute atomic E-state index is 0.0213. The molecule has 0 aromatic carbocycles. The number of piperidine rings is 1. The van der Waals surface area contributed by atoms with Crippen molar-refractivity contribution < 1.29 is 14.7 Å². The van der Waals surface area contributed by atoms with Crippen molar-refractivity contribution in [2.75, 3.05) is 13.1 Å². The van der Waals surface area contributed by atoms with Crippen LogP contribution in [-0.2, 0) is 17.6 Å². The summed E-state index contributed by atoms with van der Waals surface area (Å²) in [5.41, 5.74) is 1.36. The van der Waals surface area contributed by atoms with Crippen LogP contribution in [0.25, 0.3) is 0 Å². The van der Waals surface area contributed by atoms with Crippen molar-refractivity contribution in [2.24, 2.45) is 11.8 Å². The number of aryl methyl sites for hydroxylation is 2. The van der Waals surface area contributed by atoms with E-state index in [2.05, 4.69) is 6.07 Å². The molecule has 5 heteroatoms. The van der Waals surface area contributed by atoms with Crippen LogP contribution in [0.1, 0.15) is 52.7 Å². The molecule has 3 rings (SSSR count). The van der Waals surface area contributed by atoms with Gasteiger partial charge >= 0.3 is 5.97 Å². The predicted molar refractivity (Wildman–Crippen MR) is 86.4 cm³/mol. The van der Waals surface area contributed by atoms with Crippen LogP contribution in [0.2, 0.25) is 0 Å².